The van der Waals surface area contributed by atoms with Crippen LogP contribution in [0.25, 0.3) is 0 Å². The third-order valence-electron chi connectivity index (χ3n) is 4.14. The van der Waals surface area contributed by atoms with Gasteiger partial charge in [0.15, 0.2) is 0 Å². The lowest BCUT2D eigenvalue weighted by Crippen LogP contribution is -2.41. The summed E-state index contributed by atoms with van der Waals surface area (Å²) < 4.78 is 0. The summed E-state index contributed by atoms with van der Waals surface area (Å²) in [6, 6.07) is 0.510. The number of nitrogens with zero attached hydrogens (tertiary/aromatic N) is 5. The summed E-state index contributed by atoms with van der Waals surface area (Å²) in [5, 5.41) is 0. The quantitative estimate of drug-likeness (QED) is 0.611. The molecule has 2 rings (SSSR count). The zero-order chi connectivity index (χ0) is 15.2. The average molecular weight is 293 g/mol. The van der Waals surface area contributed by atoms with Gasteiger partial charge in [-0.25, -0.2) is 5.84 Å². The fourth-order valence-electron chi connectivity index (χ4n) is 2.88. The molecule has 1 aromatic heterocycles. The monoisotopic (exact) mass is 293 g/mol. The van der Waals surface area contributed by atoms with Gasteiger partial charge in [-0.15, -0.1) is 0 Å². The minimum atomic E-state index is 0.433. The molecule has 0 radical (unpaired) electrons. The van der Waals surface area contributed by atoms with E-state index >= 15 is 0 Å². The van der Waals surface area contributed by atoms with Crippen molar-refractivity contribution in [3.8, 4) is 0 Å². The van der Waals surface area contributed by atoms with Crippen LogP contribution >= 0.6 is 0 Å². The van der Waals surface area contributed by atoms with E-state index in [1.165, 1.54) is 19.3 Å². The van der Waals surface area contributed by atoms with Crippen LogP contribution in [0, 0.1) is 0 Å². The van der Waals surface area contributed by atoms with E-state index in [0.717, 1.165) is 32.0 Å². The first kappa shape index (κ1) is 15.8. The third-order valence-corrected chi connectivity index (χ3v) is 4.14. The minimum Gasteiger partial charge on any atom is -0.341 e. The van der Waals surface area contributed by atoms with Gasteiger partial charge >= 0.3 is 0 Å². The van der Waals surface area contributed by atoms with Crippen LogP contribution in [0.3, 0.4) is 0 Å². The molecule has 0 saturated carbocycles. The molecule has 0 amide bonds. The predicted molar refractivity (Wildman–Crippen MR) is 86.5 cm³/mol. The van der Waals surface area contributed by atoms with Crippen molar-refractivity contribution in [1.82, 2.24) is 15.0 Å². The fraction of sp³-hybridized carbons (Fsp3) is 0.786. The Bertz CT molecular complexity index is 447. The molecular weight excluding hydrogens is 266 g/mol. The molecule has 1 aliphatic rings. The summed E-state index contributed by atoms with van der Waals surface area (Å²) >= 11 is 0. The van der Waals surface area contributed by atoms with Crippen molar-refractivity contribution in [2.75, 3.05) is 34.9 Å². The minimum absolute atomic E-state index is 0.433. The number of aromatic nitrogens is 3. The lowest BCUT2D eigenvalue weighted by molar-refractivity contribution is 0.443. The topological polar surface area (TPSA) is 83.2 Å². The molecule has 1 aliphatic heterocycles. The summed E-state index contributed by atoms with van der Waals surface area (Å²) in [5.74, 6) is 7.40. The zero-order valence-corrected chi connectivity index (χ0v) is 13.3. The third kappa shape index (κ3) is 3.53. The van der Waals surface area contributed by atoms with Crippen molar-refractivity contribution in [2.45, 2.75) is 52.5 Å². The van der Waals surface area contributed by atoms with Crippen molar-refractivity contribution >= 4 is 17.8 Å². The maximum Gasteiger partial charge on any atom is 0.243 e. The summed E-state index contributed by atoms with van der Waals surface area (Å²) in [7, 11) is 0. The van der Waals surface area contributed by atoms with E-state index in [0.29, 0.717) is 17.9 Å². The highest BCUT2D eigenvalue weighted by atomic mass is 15.4. The van der Waals surface area contributed by atoms with Crippen molar-refractivity contribution < 1.29 is 0 Å². The number of nitrogens with two attached hydrogens (primary N) is 1. The number of piperidine rings is 1. The van der Waals surface area contributed by atoms with Crippen LogP contribution in [0.2, 0.25) is 0 Å². The van der Waals surface area contributed by atoms with E-state index in [9.17, 15) is 0 Å². The lowest BCUT2D eigenvalue weighted by Gasteiger charge is -2.35. The van der Waals surface area contributed by atoms with E-state index in [1.807, 2.05) is 0 Å². The van der Waals surface area contributed by atoms with Gasteiger partial charge in [0, 0.05) is 25.7 Å². The van der Waals surface area contributed by atoms with E-state index in [4.69, 9.17) is 5.84 Å². The van der Waals surface area contributed by atoms with Crippen LogP contribution in [0.4, 0.5) is 17.8 Å². The Kier molecular flexibility index (Phi) is 5.55. The summed E-state index contributed by atoms with van der Waals surface area (Å²) in [6.07, 6.45) is 4.78. The zero-order valence-electron chi connectivity index (χ0n) is 13.3. The van der Waals surface area contributed by atoms with Crippen molar-refractivity contribution in [2.24, 2.45) is 5.84 Å². The first-order valence-electron chi connectivity index (χ1n) is 7.97. The highest BCUT2D eigenvalue weighted by Gasteiger charge is 2.24. The number of rotatable bonds is 6. The normalized spacial score (nSPS) is 18.7. The van der Waals surface area contributed by atoms with Crippen LogP contribution < -0.4 is 21.1 Å². The van der Waals surface area contributed by atoms with E-state index in [1.54, 1.807) is 0 Å². The number of nitrogen functional groups attached to an aromatic ring is 1. The molecule has 0 bridgehead atoms. The van der Waals surface area contributed by atoms with Gasteiger partial charge < -0.3 is 9.80 Å². The molecule has 7 nitrogen and oxygen atoms in total. The van der Waals surface area contributed by atoms with Gasteiger partial charge in [-0.2, -0.15) is 15.0 Å². The van der Waals surface area contributed by atoms with Gasteiger partial charge in [0.05, 0.1) is 0 Å². The molecule has 118 valence electrons. The molecule has 0 aliphatic carbocycles. The van der Waals surface area contributed by atoms with Crippen LogP contribution in [0.5, 0.6) is 0 Å². The number of hydrogen-bond donors (Lipinski definition) is 2. The second kappa shape index (κ2) is 7.40. The van der Waals surface area contributed by atoms with Gasteiger partial charge in [-0.05, 0) is 39.5 Å². The SMILES string of the molecule is CCC1CCCCN1c1nc(NN)nc(N(CC)CC)n1. The molecule has 1 fully saturated rings. The Morgan fingerprint density at radius 3 is 2.57 bits per heavy atom. The Balaban J connectivity index is 2.35. The Morgan fingerprint density at radius 2 is 1.95 bits per heavy atom. The largest absolute Gasteiger partial charge is 0.341 e. The van der Waals surface area contributed by atoms with Gasteiger partial charge in [0.25, 0.3) is 0 Å². The summed E-state index contributed by atoms with van der Waals surface area (Å²) in [4.78, 5) is 17.9. The maximum absolute atomic E-state index is 5.53. The van der Waals surface area contributed by atoms with Crippen LogP contribution in [0.15, 0.2) is 0 Å². The Hall–Kier alpha value is -1.63. The number of hydrazine groups is 1. The average Bonchev–Trinajstić information content (AvgIpc) is 2.55. The molecule has 0 spiro atoms. The molecule has 2 heterocycles. The van der Waals surface area contributed by atoms with Gasteiger partial charge in [0.2, 0.25) is 17.8 Å². The molecule has 1 aromatic rings. The van der Waals surface area contributed by atoms with Crippen molar-refractivity contribution in [1.29, 1.82) is 0 Å². The van der Waals surface area contributed by atoms with Gasteiger partial charge in [-0.1, -0.05) is 6.92 Å². The Morgan fingerprint density at radius 1 is 1.19 bits per heavy atom. The summed E-state index contributed by atoms with van der Waals surface area (Å²) in [6.45, 7) is 9.14. The predicted octanol–water partition coefficient (Wildman–Crippen LogP) is 1.77. The smallest absolute Gasteiger partial charge is 0.243 e. The molecule has 0 aromatic carbocycles. The first-order chi connectivity index (χ1) is 10.2. The lowest BCUT2D eigenvalue weighted by atomic mass is 10.0. The molecule has 21 heavy (non-hydrogen) atoms. The number of anilines is 3. The molecule has 3 N–H and O–H groups in total. The van der Waals surface area contributed by atoms with E-state index < -0.39 is 0 Å². The summed E-state index contributed by atoms with van der Waals surface area (Å²) in [5.41, 5.74) is 2.57. The van der Waals surface area contributed by atoms with E-state index in [2.05, 4.69) is 50.9 Å². The number of hydrogen-bond acceptors (Lipinski definition) is 7. The first-order valence-corrected chi connectivity index (χ1v) is 7.97. The van der Waals surface area contributed by atoms with Crippen molar-refractivity contribution in [3.05, 3.63) is 0 Å². The molecule has 1 atom stereocenters. The molecule has 1 unspecified atom stereocenters. The molecule has 1 saturated heterocycles. The van der Waals surface area contributed by atoms with Crippen LogP contribution in [0.1, 0.15) is 46.5 Å². The highest BCUT2D eigenvalue weighted by molar-refractivity contribution is 5.45. The standard InChI is InChI=1S/C14H27N7/c1-4-11-9-7-8-10-21(11)14-17-12(19-15)16-13(18-14)20(5-2)6-3/h11H,4-10,15H2,1-3H3,(H,16,17,18,19). The fourth-order valence-corrected chi connectivity index (χ4v) is 2.88. The highest BCUT2D eigenvalue weighted by Crippen LogP contribution is 2.25. The molecular formula is C14H27N7. The van der Waals surface area contributed by atoms with Crippen LogP contribution in [-0.2, 0) is 0 Å². The maximum atomic E-state index is 5.53. The van der Waals surface area contributed by atoms with Crippen LogP contribution in [-0.4, -0.2) is 40.6 Å². The number of nitrogens with one attached hydrogen (secondary N) is 1. The Labute approximate surface area is 126 Å². The van der Waals surface area contributed by atoms with Gasteiger partial charge in [0.1, 0.15) is 0 Å². The second-order valence-corrected chi connectivity index (χ2v) is 5.33. The second-order valence-electron chi connectivity index (χ2n) is 5.33. The van der Waals surface area contributed by atoms with E-state index in [-0.39, 0.29) is 0 Å². The van der Waals surface area contributed by atoms with Crippen molar-refractivity contribution in [3.63, 3.8) is 0 Å². The molecule has 7 heteroatoms. The van der Waals surface area contributed by atoms with Gasteiger partial charge in [-0.3, -0.25) is 5.43 Å².